The van der Waals surface area contributed by atoms with Gasteiger partial charge in [-0.3, -0.25) is 4.79 Å². The fraction of sp³-hybridized carbons (Fsp3) is 0.0800. The standard InChI is InChI=1S/C25H17F2N7O2/c1-25(13-2-4-14(26)5-3-13)18-19(28)31-20(32-21(18)33-24(25)35)17-12-34-11-10-29-22(34)23(30-17)36-16-8-6-15(27)7-9-16/h2-12H,1H3,(H3,28,31,32,33,35). The molecule has 1 amide bonds. The van der Waals surface area contributed by atoms with Crippen LogP contribution in [0.3, 0.4) is 0 Å². The van der Waals surface area contributed by atoms with Crippen LogP contribution in [0.4, 0.5) is 20.4 Å². The Balaban J connectivity index is 1.45. The number of nitrogens with one attached hydrogen (secondary N) is 1. The number of aromatic nitrogens is 5. The topological polar surface area (TPSA) is 120 Å². The summed E-state index contributed by atoms with van der Waals surface area (Å²) in [4.78, 5) is 30.8. The van der Waals surface area contributed by atoms with Crippen LogP contribution in [0.5, 0.6) is 11.6 Å². The molecule has 0 saturated heterocycles. The SMILES string of the molecule is CC1(c2ccc(F)cc2)C(=O)Nc2nc(-c3cn4ccnc4c(Oc4ccc(F)cc4)n3)nc(N)c21. The van der Waals surface area contributed by atoms with Gasteiger partial charge in [-0.05, 0) is 48.9 Å². The van der Waals surface area contributed by atoms with Crippen molar-refractivity contribution in [2.75, 3.05) is 11.1 Å². The predicted molar refractivity (Wildman–Crippen MR) is 126 cm³/mol. The Morgan fingerprint density at radius 3 is 2.42 bits per heavy atom. The molecular weight excluding hydrogens is 468 g/mol. The van der Waals surface area contributed by atoms with Gasteiger partial charge in [-0.25, -0.2) is 28.7 Å². The highest BCUT2D eigenvalue weighted by Crippen LogP contribution is 2.45. The number of fused-ring (bicyclic) bond motifs is 2. The molecule has 2 aromatic carbocycles. The number of hydrogen-bond donors (Lipinski definition) is 2. The van der Waals surface area contributed by atoms with Gasteiger partial charge in [0.05, 0.1) is 5.56 Å². The third-order valence-electron chi connectivity index (χ3n) is 6.15. The van der Waals surface area contributed by atoms with Crippen LogP contribution in [0.25, 0.3) is 17.2 Å². The van der Waals surface area contributed by atoms with E-state index in [1.165, 1.54) is 48.5 Å². The Morgan fingerprint density at radius 1 is 1.00 bits per heavy atom. The molecule has 0 aliphatic carbocycles. The van der Waals surface area contributed by atoms with E-state index in [-0.39, 0.29) is 29.2 Å². The number of ether oxygens (including phenoxy) is 1. The largest absolute Gasteiger partial charge is 0.436 e. The number of nitrogens with zero attached hydrogens (tertiary/aromatic N) is 5. The summed E-state index contributed by atoms with van der Waals surface area (Å²) in [6.07, 6.45) is 4.92. The van der Waals surface area contributed by atoms with Crippen LogP contribution < -0.4 is 15.8 Å². The molecule has 178 valence electrons. The molecule has 3 aromatic heterocycles. The first-order valence-corrected chi connectivity index (χ1v) is 10.9. The number of carbonyl (C=O) groups excluding carboxylic acids is 1. The first kappa shape index (κ1) is 21.6. The lowest BCUT2D eigenvalue weighted by atomic mass is 9.78. The van der Waals surface area contributed by atoms with Gasteiger partial charge in [0.2, 0.25) is 11.6 Å². The number of nitrogens with two attached hydrogens (primary N) is 1. The number of hydrogen-bond acceptors (Lipinski definition) is 7. The van der Waals surface area contributed by atoms with Crippen LogP contribution in [0, 0.1) is 11.6 Å². The van der Waals surface area contributed by atoms with Gasteiger partial charge < -0.3 is 20.2 Å². The van der Waals surface area contributed by atoms with Gasteiger partial charge in [0.15, 0.2) is 5.82 Å². The monoisotopic (exact) mass is 485 g/mol. The lowest BCUT2D eigenvalue weighted by molar-refractivity contribution is -0.119. The van der Waals surface area contributed by atoms with Crippen molar-refractivity contribution in [2.24, 2.45) is 0 Å². The summed E-state index contributed by atoms with van der Waals surface area (Å²) in [6, 6.07) is 11.1. The minimum atomic E-state index is -1.20. The highest BCUT2D eigenvalue weighted by Gasteiger charge is 2.47. The zero-order chi connectivity index (χ0) is 25.0. The number of rotatable bonds is 4. The van der Waals surface area contributed by atoms with Crippen LogP contribution in [-0.2, 0) is 10.2 Å². The van der Waals surface area contributed by atoms with E-state index in [9.17, 15) is 13.6 Å². The molecule has 4 heterocycles. The van der Waals surface area contributed by atoms with E-state index in [0.717, 1.165) is 0 Å². The maximum Gasteiger partial charge on any atom is 0.264 e. The second-order valence-electron chi connectivity index (χ2n) is 8.39. The van der Waals surface area contributed by atoms with E-state index in [2.05, 4.69) is 25.3 Å². The van der Waals surface area contributed by atoms with Crippen molar-refractivity contribution in [3.05, 3.63) is 89.9 Å². The Kier molecular flexibility index (Phi) is 4.68. The summed E-state index contributed by atoms with van der Waals surface area (Å²) in [5, 5.41) is 2.77. The second kappa shape index (κ2) is 7.80. The van der Waals surface area contributed by atoms with Crippen LogP contribution in [0.2, 0.25) is 0 Å². The lowest BCUT2D eigenvalue weighted by Gasteiger charge is -2.23. The van der Waals surface area contributed by atoms with Gasteiger partial charge in [0, 0.05) is 18.6 Å². The molecule has 3 N–H and O–H groups in total. The van der Waals surface area contributed by atoms with Crippen molar-refractivity contribution in [2.45, 2.75) is 12.3 Å². The quantitative estimate of drug-likeness (QED) is 0.393. The number of imidazole rings is 1. The van der Waals surface area contributed by atoms with Gasteiger partial charge in [-0.2, -0.15) is 0 Å². The summed E-state index contributed by atoms with van der Waals surface area (Å²) < 4.78 is 34.3. The van der Waals surface area contributed by atoms with E-state index in [0.29, 0.717) is 28.2 Å². The number of benzene rings is 2. The summed E-state index contributed by atoms with van der Waals surface area (Å²) in [5.41, 5.74) is 6.83. The molecule has 6 rings (SSSR count). The molecule has 0 radical (unpaired) electrons. The smallest absolute Gasteiger partial charge is 0.264 e. The molecule has 1 atom stereocenters. The molecule has 0 fully saturated rings. The van der Waals surface area contributed by atoms with Crippen molar-refractivity contribution in [1.29, 1.82) is 0 Å². The zero-order valence-electron chi connectivity index (χ0n) is 18.7. The van der Waals surface area contributed by atoms with Crippen LogP contribution in [-0.4, -0.2) is 30.2 Å². The highest BCUT2D eigenvalue weighted by atomic mass is 19.1. The van der Waals surface area contributed by atoms with Crippen molar-refractivity contribution in [1.82, 2.24) is 24.3 Å². The van der Waals surface area contributed by atoms with E-state index in [4.69, 9.17) is 10.5 Å². The fourth-order valence-corrected chi connectivity index (χ4v) is 4.27. The molecular formula is C25H17F2N7O2. The molecule has 0 saturated carbocycles. The average molecular weight is 485 g/mol. The fourth-order valence-electron chi connectivity index (χ4n) is 4.27. The van der Waals surface area contributed by atoms with Gasteiger partial charge in [-0.15, -0.1) is 0 Å². The Bertz CT molecular complexity index is 1650. The Hall–Kier alpha value is -4.93. The third kappa shape index (κ3) is 3.32. The number of carbonyl (C=O) groups is 1. The number of nitrogen functional groups attached to an aromatic ring is 1. The first-order chi connectivity index (χ1) is 17.3. The van der Waals surface area contributed by atoms with Gasteiger partial charge in [0.1, 0.15) is 40.1 Å². The summed E-state index contributed by atoms with van der Waals surface area (Å²) in [5.74, 6) is -0.201. The molecule has 1 aliphatic rings. The zero-order valence-corrected chi connectivity index (χ0v) is 18.7. The summed E-state index contributed by atoms with van der Waals surface area (Å²) in [7, 11) is 0. The minimum absolute atomic E-state index is 0.0775. The summed E-state index contributed by atoms with van der Waals surface area (Å²) in [6.45, 7) is 1.69. The van der Waals surface area contributed by atoms with Gasteiger partial charge in [-0.1, -0.05) is 12.1 Å². The molecule has 1 aliphatic heterocycles. The Labute approximate surface area is 202 Å². The van der Waals surface area contributed by atoms with E-state index in [1.54, 1.807) is 29.9 Å². The normalized spacial score (nSPS) is 16.7. The lowest BCUT2D eigenvalue weighted by Crippen LogP contribution is -2.33. The molecule has 36 heavy (non-hydrogen) atoms. The highest BCUT2D eigenvalue weighted by molar-refractivity contribution is 6.09. The molecule has 11 heteroatoms. The molecule has 5 aromatic rings. The van der Waals surface area contributed by atoms with E-state index in [1.807, 2.05) is 0 Å². The van der Waals surface area contributed by atoms with Crippen LogP contribution in [0.15, 0.2) is 67.1 Å². The van der Waals surface area contributed by atoms with Crippen molar-refractivity contribution in [3.63, 3.8) is 0 Å². The molecule has 0 spiro atoms. The number of anilines is 2. The first-order valence-electron chi connectivity index (χ1n) is 10.9. The van der Waals surface area contributed by atoms with E-state index < -0.39 is 17.0 Å². The van der Waals surface area contributed by atoms with E-state index >= 15 is 0 Å². The molecule has 1 unspecified atom stereocenters. The third-order valence-corrected chi connectivity index (χ3v) is 6.15. The Morgan fingerprint density at radius 2 is 1.69 bits per heavy atom. The number of amides is 1. The maximum atomic E-state index is 13.5. The maximum absolute atomic E-state index is 13.5. The number of halogens is 2. The minimum Gasteiger partial charge on any atom is -0.436 e. The van der Waals surface area contributed by atoms with Gasteiger partial charge >= 0.3 is 0 Å². The van der Waals surface area contributed by atoms with Crippen molar-refractivity contribution < 1.29 is 18.3 Å². The summed E-state index contributed by atoms with van der Waals surface area (Å²) >= 11 is 0. The van der Waals surface area contributed by atoms with Crippen LogP contribution in [0.1, 0.15) is 18.1 Å². The van der Waals surface area contributed by atoms with Crippen molar-refractivity contribution >= 4 is 23.2 Å². The molecule has 0 bridgehead atoms. The van der Waals surface area contributed by atoms with Gasteiger partial charge in [0.25, 0.3) is 5.88 Å². The van der Waals surface area contributed by atoms with Crippen molar-refractivity contribution in [3.8, 4) is 23.1 Å². The van der Waals surface area contributed by atoms with Crippen LogP contribution >= 0.6 is 0 Å². The average Bonchev–Trinajstić information content (AvgIpc) is 3.44. The molecule has 9 nitrogen and oxygen atoms in total. The predicted octanol–water partition coefficient (Wildman–Crippen LogP) is 4.10. The second-order valence-corrected chi connectivity index (χ2v) is 8.39.